The van der Waals surface area contributed by atoms with E-state index in [4.69, 9.17) is 16.6 Å². The maximum Gasteiger partial charge on any atom is 0.267 e. The number of fused-ring (bicyclic) bond motifs is 1. The van der Waals surface area contributed by atoms with Crippen molar-refractivity contribution in [3.8, 4) is 16.8 Å². The van der Waals surface area contributed by atoms with Crippen LogP contribution in [-0.2, 0) is 0 Å². The van der Waals surface area contributed by atoms with Crippen LogP contribution >= 0.6 is 21.8 Å². The molecule has 5 aromatic rings. The Balaban J connectivity index is 1.61. The van der Waals surface area contributed by atoms with Gasteiger partial charge in [0.15, 0.2) is 0 Å². The maximum atomic E-state index is 13.7. The number of nitro groups is 1. The second-order valence-electron chi connectivity index (χ2n) is 9.26. The van der Waals surface area contributed by atoms with Gasteiger partial charge >= 0.3 is 0 Å². The SMILES string of the molecule is C[C@@H](Nc1ncncc1-c1cccc(S(C)(C)[N+](=O)[O-])c1)c1nc2cccc(Cl)c2c(=O)n1-c1ccccc1. The van der Waals surface area contributed by atoms with Gasteiger partial charge in [-0.2, -0.15) is 0 Å². The number of aromatic nitrogens is 4. The van der Waals surface area contributed by atoms with Crippen LogP contribution in [-0.4, -0.2) is 36.4 Å². The number of hydrogen-bond acceptors (Lipinski definition) is 7. The summed E-state index contributed by atoms with van der Waals surface area (Å²) in [6, 6.07) is 21.2. The van der Waals surface area contributed by atoms with Gasteiger partial charge in [0.25, 0.3) is 5.56 Å². The van der Waals surface area contributed by atoms with Gasteiger partial charge in [0.1, 0.15) is 18.0 Å². The molecule has 11 heteroatoms. The number of halogens is 1. The summed E-state index contributed by atoms with van der Waals surface area (Å²) in [6.45, 7) is 1.89. The van der Waals surface area contributed by atoms with E-state index < -0.39 is 16.3 Å². The maximum absolute atomic E-state index is 13.7. The van der Waals surface area contributed by atoms with E-state index in [-0.39, 0.29) is 9.89 Å². The highest BCUT2D eigenvalue weighted by Gasteiger charge is 2.27. The van der Waals surface area contributed by atoms with Gasteiger partial charge in [0, 0.05) is 34.5 Å². The molecular weight excluding hydrogens is 536 g/mol. The van der Waals surface area contributed by atoms with E-state index in [1.165, 1.54) is 6.33 Å². The van der Waals surface area contributed by atoms with Crippen molar-refractivity contribution in [2.24, 2.45) is 0 Å². The molecule has 0 saturated heterocycles. The number of nitrogens with zero attached hydrogens (tertiary/aromatic N) is 5. The molecule has 198 valence electrons. The van der Waals surface area contributed by atoms with Crippen molar-refractivity contribution in [3.05, 3.63) is 117 Å². The standard InChI is InChI=1S/C28H25ClN6O3S/c1-18(27-33-24-14-8-13-23(29)25(24)28(36)34(27)20-10-5-4-6-11-20)32-26-22(16-30-17-31-26)19-9-7-12-21(15-19)39(2,3)35(37)38/h4-18H,1-3H3,(H,30,31,32)/t18-/m1/s1. The molecule has 1 N–H and O–H groups in total. The lowest BCUT2D eigenvalue weighted by Gasteiger charge is -2.23. The predicted octanol–water partition coefficient (Wildman–Crippen LogP) is 6.28. The average Bonchev–Trinajstić information content (AvgIpc) is 2.93. The third-order valence-electron chi connectivity index (χ3n) is 6.43. The molecule has 1 atom stereocenters. The lowest BCUT2D eigenvalue weighted by Crippen LogP contribution is -2.27. The Labute approximate surface area is 231 Å². The minimum Gasteiger partial charge on any atom is -0.360 e. The van der Waals surface area contributed by atoms with Crippen molar-refractivity contribution in [2.45, 2.75) is 17.9 Å². The lowest BCUT2D eigenvalue weighted by molar-refractivity contribution is -0.295. The van der Waals surface area contributed by atoms with Crippen molar-refractivity contribution in [1.29, 1.82) is 0 Å². The fraction of sp³-hybridized carbons (Fsp3) is 0.143. The van der Waals surface area contributed by atoms with Crippen molar-refractivity contribution < 1.29 is 4.33 Å². The van der Waals surface area contributed by atoms with E-state index in [0.717, 1.165) is 5.56 Å². The number of nitrogens with one attached hydrogen (secondary N) is 1. The summed E-state index contributed by atoms with van der Waals surface area (Å²) in [5, 5.41) is 15.8. The average molecular weight is 561 g/mol. The first kappa shape index (κ1) is 26.3. The highest BCUT2D eigenvalue weighted by molar-refractivity contribution is 8.27. The van der Waals surface area contributed by atoms with Gasteiger partial charge in [0.05, 0.1) is 36.9 Å². The van der Waals surface area contributed by atoms with Gasteiger partial charge in [-0.1, -0.05) is 48.0 Å². The van der Waals surface area contributed by atoms with E-state index in [9.17, 15) is 14.9 Å². The van der Waals surface area contributed by atoms with Gasteiger partial charge in [-0.3, -0.25) is 19.5 Å². The molecule has 0 aliphatic rings. The first-order chi connectivity index (χ1) is 18.7. The highest BCUT2D eigenvalue weighted by Crippen LogP contribution is 2.50. The fourth-order valence-electron chi connectivity index (χ4n) is 4.31. The van der Waals surface area contributed by atoms with Crippen LogP contribution in [0.2, 0.25) is 5.02 Å². The van der Waals surface area contributed by atoms with Crippen LogP contribution in [0.25, 0.3) is 27.7 Å². The van der Waals surface area contributed by atoms with Crippen LogP contribution in [0.3, 0.4) is 0 Å². The Kier molecular flexibility index (Phi) is 7.07. The van der Waals surface area contributed by atoms with Crippen LogP contribution in [0.5, 0.6) is 0 Å². The third kappa shape index (κ3) is 4.96. The van der Waals surface area contributed by atoms with E-state index >= 15 is 0 Å². The number of para-hydroxylation sites is 1. The van der Waals surface area contributed by atoms with Crippen molar-refractivity contribution in [1.82, 2.24) is 19.5 Å². The first-order valence-corrected chi connectivity index (χ1v) is 14.8. The van der Waals surface area contributed by atoms with Gasteiger partial charge in [-0.15, -0.1) is 0 Å². The second kappa shape index (κ2) is 10.5. The van der Waals surface area contributed by atoms with Crippen LogP contribution < -0.4 is 10.9 Å². The summed E-state index contributed by atoms with van der Waals surface area (Å²) < 4.78 is 1.33. The zero-order valence-corrected chi connectivity index (χ0v) is 23.0. The molecule has 0 fully saturated rings. The molecule has 0 saturated carbocycles. The second-order valence-corrected chi connectivity index (χ2v) is 13.0. The number of anilines is 1. The van der Waals surface area contributed by atoms with E-state index in [0.29, 0.717) is 43.7 Å². The quantitative estimate of drug-likeness (QED) is 0.184. The van der Waals surface area contributed by atoms with Crippen LogP contribution in [0.15, 0.2) is 95.0 Å². The summed E-state index contributed by atoms with van der Waals surface area (Å²) >= 11 is 6.41. The number of benzene rings is 3. The van der Waals surface area contributed by atoms with Gasteiger partial charge in [-0.05, 0) is 48.9 Å². The fourth-order valence-corrected chi connectivity index (χ4v) is 5.56. The van der Waals surface area contributed by atoms with Crippen LogP contribution in [0, 0.1) is 10.1 Å². The number of rotatable bonds is 7. The zero-order chi connectivity index (χ0) is 27.7. The van der Waals surface area contributed by atoms with Crippen molar-refractivity contribution in [3.63, 3.8) is 0 Å². The molecule has 0 amide bonds. The Hall–Kier alpha value is -4.28. The minimum absolute atomic E-state index is 0.227. The topological polar surface area (TPSA) is 116 Å². The molecule has 0 spiro atoms. The van der Waals surface area contributed by atoms with E-state index in [1.807, 2.05) is 49.4 Å². The molecule has 39 heavy (non-hydrogen) atoms. The van der Waals surface area contributed by atoms with E-state index in [1.54, 1.807) is 53.6 Å². The normalized spacial score (nSPS) is 12.7. The van der Waals surface area contributed by atoms with Crippen LogP contribution in [0.1, 0.15) is 18.8 Å². The molecule has 0 aliphatic carbocycles. The summed E-state index contributed by atoms with van der Waals surface area (Å²) in [4.78, 5) is 39.6. The number of hydrogen-bond donors (Lipinski definition) is 1. The summed E-state index contributed by atoms with van der Waals surface area (Å²) in [5.74, 6) is 0.974. The van der Waals surface area contributed by atoms with Crippen molar-refractivity contribution in [2.75, 3.05) is 17.8 Å². The predicted molar refractivity (Wildman–Crippen MR) is 157 cm³/mol. The van der Waals surface area contributed by atoms with Crippen LogP contribution in [0.4, 0.5) is 5.82 Å². The molecule has 2 aromatic heterocycles. The smallest absolute Gasteiger partial charge is 0.267 e. The summed E-state index contributed by atoms with van der Waals surface area (Å²) in [6.07, 6.45) is 6.38. The largest absolute Gasteiger partial charge is 0.360 e. The molecule has 5 rings (SSSR count). The molecular formula is C28H25ClN6O3S. The highest BCUT2D eigenvalue weighted by atomic mass is 35.5. The monoisotopic (exact) mass is 560 g/mol. The molecule has 2 heterocycles. The summed E-state index contributed by atoms with van der Waals surface area (Å²) in [5.41, 5.74) is 2.28. The van der Waals surface area contributed by atoms with E-state index in [2.05, 4.69) is 15.3 Å². The Morgan fingerprint density at radius 2 is 1.79 bits per heavy atom. The first-order valence-electron chi connectivity index (χ1n) is 12.0. The Bertz CT molecular complexity index is 1760. The Morgan fingerprint density at radius 3 is 2.54 bits per heavy atom. The van der Waals surface area contributed by atoms with Gasteiger partial charge in [-0.25, -0.2) is 15.0 Å². The molecule has 0 unspecified atom stereocenters. The summed E-state index contributed by atoms with van der Waals surface area (Å²) in [7, 11) is -2.25. The van der Waals surface area contributed by atoms with Gasteiger partial charge in [0.2, 0.25) is 0 Å². The molecule has 3 aromatic carbocycles. The molecule has 0 aliphatic heterocycles. The lowest BCUT2D eigenvalue weighted by atomic mass is 10.1. The third-order valence-corrected chi connectivity index (χ3v) is 8.90. The van der Waals surface area contributed by atoms with Gasteiger partial charge < -0.3 is 5.32 Å². The minimum atomic E-state index is -2.25. The molecule has 9 nitrogen and oxygen atoms in total. The molecule has 0 radical (unpaired) electrons. The Morgan fingerprint density at radius 1 is 1.05 bits per heavy atom. The molecule has 0 bridgehead atoms. The van der Waals surface area contributed by atoms with Crippen molar-refractivity contribution >= 4 is 38.5 Å². The zero-order valence-electron chi connectivity index (χ0n) is 21.4.